The van der Waals surface area contributed by atoms with Crippen molar-refractivity contribution in [3.63, 3.8) is 0 Å². The summed E-state index contributed by atoms with van der Waals surface area (Å²) in [7, 11) is 0. The molecule has 0 saturated carbocycles. The van der Waals surface area contributed by atoms with E-state index in [1.165, 1.54) is 0 Å². The third kappa shape index (κ3) is 9.17. The molecule has 1 aromatic heterocycles. The molecule has 0 unspecified atom stereocenters. The third-order valence-electron chi connectivity index (χ3n) is 6.12. The second kappa shape index (κ2) is 14.3. The summed E-state index contributed by atoms with van der Waals surface area (Å²) < 4.78 is 131. The maximum atomic E-state index is 14.8. The quantitative estimate of drug-likeness (QED) is 0.109. The van der Waals surface area contributed by atoms with Crippen LogP contribution in [-0.2, 0) is 12.5 Å². The number of aromatic nitrogens is 2. The van der Waals surface area contributed by atoms with Crippen LogP contribution in [0.3, 0.4) is 0 Å². The predicted octanol–water partition coefficient (Wildman–Crippen LogP) is 8.59. The highest BCUT2D eigenvalue weighted by molar-refractivity contribution is 5.47. The van der Waals surface area contributed by atoms with Crippen molar-refractivity contribution in [2.45, 2.75) is 45.1 Å². The molecule has 238 valence electrons. The molecule has 0 fully saturated rings. The lowest BCUT2D eigenvalue weighted by Gasteiger charge is -2.19. The predicted molar refractivity (Wildman–Crippen MR) is 148 cm³/mol. The molecule has 0 aliphatic carbocycles. The first-order chi connectivity index (χ1) is 21.7. The van der Waals surface area contributed by atoms with Crippen molar-refractivity contribution in [3.05, 3.63) is 118 Å². The second-order valence-corrected chi connectivity index (χ2v) is 9.64. The standard InChI is InChI=1S/C33H21F9N2O2/c1-2-3-4-5-22-18-43-30(44-19-22)13-8-20-7-12-25(27(35)14-20)32(38,39)45-24-11-10-23(26(34)17-24)9-6-21-15-28(36)31(29(37)16-21)46-33(40,41)42/h7,10-12,14-19H,2-5H2,1H3. The molecular weight excluding hydrogens is 627 g/mol. The summed E-state index contributed by atoms with van der Waals surface area (Å²) in [4.78, 5) is 8.27. The van der Waals surface area contributed by atoms with Gasteiger partial charge >= 0.3 is 12.5 Å². The van der Waals surface area contributed by atoms with Gasteiger partial charge in [0, 0.05) is 29.6 Å². The summed E-state index contributed by atoms with van der Waals surface area (Å²) in [6, 6.07) is 5.83. The Hall–Kier alpha value is -5.17. The minimum absolute atomic E-state index is 0.0592. The van der Waals surface area contributed by atoms with Gasteiger partial charge in [0.25, 0.3) is 0 Å². The monoisotopic (exact) mass is 648 g/mol. The zero-order chi connectivity index (χ0) is 33.5. The van der Waals surface area contributed by atoms with Crippen LogP contribution in [0.2, 0.25) is 0 Å². The van der Waals surface area contributed by atoms with E-state index >= 15 is 0 Å². The van der Waals surface area contributed by atoms with Crippen molar-refractivity contribution in [2.75, 3.05) is 0 Å². The van der Waals surface area contributed by atoms with E-state index in [2.05, 4.69) is 50.0 Å². The number of ether oxygens (including phenoxy) is 2. The van der Waals surface area contributed by atoms with E-state index in [0.717, 1.165) is 61.6 Å². The van der Waals surface area contributed by atoms with Crippen molar-refractivity contribution in [1.29, 1.82) is 0 Å². The summed E-state index contributed by atoms with van der Waals surface area (Å²) in [5, 5.41) is 0. The summed E-state index contributed by atoms with van der Waals surface area (Å²) in [5.74, 6) is 1.36. The van der Waals surface area contributed by atoms with Gasteiger partial charge in [0.2, 0.25) is 11.6 Å². The molecule has 4 aromatic rings. The van der Waals surface area contributed by atoms with Crippen LogP contribution in [0.15, 0.2) is 60.9 Å². The number of halogens is 9. The van der Waals surface area contributed by atoms with E-state index in [4.69, 9.17) is 0 Å². The first-order valence-corrected chi connectivity index (χ1v) is 13.5. The molecule has 0 atom stereocenters. The first kappa shape index (κ1) is 33.7. The molecule has 4 nitrogen and oxygen atoms in total. The molecular formula is C33H21F9N2O2. The van der Waals surface area contributed by atoms with Gasteiger partial charge in [-0.2, -0.15) is 8.78 Å². The number of nitrogens with zero attached hydrogens (tertiary/aromatic N) is 2. The number of hydrogen-bond donors (Lipinski definition) is 0. The first-order valence-electron chi connectivity index (χ1n) is 13.5. The smallest absolute Gasteiger partial charge is 0.429 e. The number of alkyl halides is 5. The number of aryl methyl sites for hydroxylation is 1. The third-order valence-corrected chi connectivity index (χ3v) is 6.12. The van der Waals surface area contributed by atoms with Gasteiger partial charge in [-0.25, -0.2) is 27.5 Å². The average molecular weight is 649 g/mol. The Morgan fingerprint density at radius 3 is 1.93 bits per heavy atom. The summed E-state index contributed by atoms with van der Waals surface area (Å²) >= 11 is 0. The number of rotatable bonds is 8. The maximum absolute atomic E-state index is 14.8. The molecule has 0 aliphatic heterocycles. The Morgan fingerprint density at radius 2 is 1.33 bits per heavy atom. The van der Waals surface area contributed by atoms with E-state index < -0.39 is 63.9 Å². The highest BCUT2D eigenvalue weighted by Crippen LogP contribution is 2.34. The Labute approximate surface area is 257 Å². The van der Waals surface area contributed by atoms with Gasteiger partial charge in [0.15, 0.2) is 11.6 Å². The molecule has 0 bridgehead atoms. The van der Waals surface area contributed by atoms with E-state index in [-0.39, 0.29) is 11.4 Å². The van der Waals surface area contributed by atoms with Crippen molar-refractivity contribution in [2.24, 2.45) is 0 Å². The summed E-state index contributed by atoms with van der Waals surface area (Å²) in [6.45, 7) is 2.09. The normalized spacial score (nSPS) is 11.3. The Bertz CT molecular complexity index is 1810. The van der Waals surface area contributed by atoms with Gasteiger partial charge in [-0.1, -0.05) is 37.5 Å². The van der Waals surface area contributed by atoms with Crippen molar-refractivity contribution in [1.82, 2.24) is 9.97 Å². The molecule has 0 aliphatic rings. The molecule has 4 rings (SSSR count). The molecule has 0 radical (unpaired) electrons. The molecule has 0 saturated heterocycles. The largest absolute Gasteiger partial charge is 0.573 e. The minimum Gasteiger partial charge on any atom is -0.429 e. The van der Waals surface area contributed by atoms with E-state index in [1.807, 2.05) is 0 Å². The molecule has 13 heteroatoms. The van der Waals surface area contributed by atoms with Crippen molar-refractivity contribution >= 4 is 0 Å². The average Bonchev–Trinajstić information content (AvgIpc) is 2.97. The maximum Gasteiger partial charge on any atom is 0.573 e. The van der Waals surface area contributed by atoms with E-state index in [9.17, 15) is 39.5 Å². The van der Waals surface area contributed by atoms with Crippen LogP contribution in [-0.4, -0.2) is 16.3 Å². The van der Waals surface area contributed by atoms with Gasteiger partial charge in [-0.15, -0.1) is 13.2 Å². The van der Waals surface area contributed by atoms with Crippen molar-refractivity contribution < 1.29 is 49.0 Å². The lowest BCUT2D eigenvalue weighted by atomic mass is 10.1. The number of hydrogen-bond acceptors (Lipinski definition) is 4. The highest BCUT2D eigenvalue weighted by atomic mass is 19.4. The van der Waals surface area contributed by atoms with Crippen LogP contribution in [0.25, 0.3) is 0 Å². The fourth-order valence-corrected chi connectivity index (χ4v) is 3.93. The van der Waals surface area contributed by atoms with E-state index in [1.54, 1.807) is 12.4 Å². The van der Waals surface area contributed by atoms with Crippen LogP contribution >= 0.6 is 0 Å². The zero-order valence-electron chi connectivity index (χ0n) is 23.7. The molecule has 46 heavy (non-hydrogen) atoms. The summed E-state index contributed by atoms with van der Waals surface area (Å²) in [5.41, 5.74) is -1.06. The van der Waals surface area contributed by atoms with Gasteiger partial charge < -0.3 is 9.47 Å². The molecule has 0 N–H and O–H groups in total. The molecule has 0 amide bonds. The Balaban J connectivity index is 1.44. The van der Waals surface area contributed by atoms with Crippen LogP contribution in [0.1, 0.15) is 59.8 Å². The number of benzene rings is 3. The minimum atomic E-state index is -5.35. The Morgan fingerprint density at radius 1 is 0.674 bits per heavy atom. The van der Waals surface area contributed by atoms with Crippen LogP contribution in [0.5, 0.6) is 11.5 Å². The summed E-state index contributed by atoms with van der Waals surface area (Å²) in [6.07, 6.45) is -2.34. The van der Waals surface area contributed by atoms with Crippen LogP contribution in [0.4, 0.5) is 39.5 Å². The lowest BCUT2D eigenvalue weighted by molar-refractivity contribution is -0.276. The van der Waals surface area contributed by atoms with Gasteiger partial charge in [0.1, 0.15) is 22.9 Å². The molecule has 1 heterocycles. The number of unbranched alkanes of at least 4 members (excludes halogenated alkanes) is 2. The van der Waals surface area contributed by atoms with Gasteiger partial charge in [0.05, 0.1) is 5.56 Å². The highest BCUT2D eigenvalue weighted by Gasteiger charge is 2.38. The van der Waals surface area contributed by atoms with E-state index in [0.29, 0.717) is 18.2 Å². The zero-order valence-corrected chi connectivity index (χ0v) is 23.7. The SMILES string of the molecule is CCCCCc1cnc(C#Cc2ccc(C(F)(F)Oc3ccc(C#Cc4cc(F)c(OC(F)(F)F)c(F)c4)c(F)c3)c(F)c2)nc1. The van der Waals surface area contributed by atoms with Gasteiger partial charge in [-0.05, 0) is 66.8 Å². The Kier molecular flexibility index (Phi) is 10.5. The second-order valence-electron chi connectivity index (χ2n) is 9.64. The van der Waals surface area contributed by atoms with Crippen molar-refractivity contribution in [3.8, 4) is 35.2 Å². The van der Waals surface area contributed by atoms with Gasteiger partial charge in [-0.3, -0.25) is 0 Å². The lowest BCUT2D eigenvalue weighted by Crippen LogP contribution is -2.23. The van der Waals surface area contributed by atoms with Crippen LogP contribution in [0, 0.1) is 47.0 Å². The fourth-order valence-electron chi connectivity index (χ4n) is 3.93. The molecule has 3 aromatic carbocycles. The van der Waals surface area contributed by atoms with Crippen LogP contribution < -0.4 is 9.47 Å². The molecule has 0 spiro atoms. The topological polar surface area (TPSA) is 44.2 Å². The fraction of sp³-hybridized carbons (Fsp3) is 0.212.